The van der Waals surface area contributed by atoms with Gasteiger partial charge in [0.05, 0.1) is 4.91 Å². The molecular formula is C5H8NO2+. The second kappa shape index (κ2) is 1.58. The van der Waals surface area contributed by atoms with Crippen molar-refractivity contribution in [1.29, 1.82) is 0 Å². The Morgan fingerprint density at radius 1 is 1.88 bits per heavy atom. The van der Waals surface area contributed by atoms with Crippen LogP contribution < -0.4 is 0 Å². The molecule has 1 atom stereocenters. The highest BCUT2D eigenvalue weighted by molar-refractivity contribution is 5.00. The molecule has 1 heterocycles. The van der Waals surface area contributed by atoms with E-state index in [1.54, 1.807) is 0 Å². The highest BCUT2D eigenvalue weighted by Crippen LogP contribution is 2.12. The average molecular weight is 114 g/mol. The molecule has 44 valence electrons. The van der Waals surface area contributed by atoms with Crippen LogP contribution in [0.15, 0.2) is 11.8 Å². The second-order valence-corrected chi connectivity index (χ2v) is 1.91. The van der Waals surface area contributed by atoms with Crippen molar-refractivity contribution in [1.82, 2.24) is 0 Å². The van der Waals surface area contributed by atoms with Crippen molar-refractivity contribution < 1.29 is 9.76 Å². The van der Waals surface area contributed by atoms with Crippen LogP contribution in [-0.2, 0) is 4.84 Å². The zero-order valence-corrected chi connectivity index (χ0v) is 4.92. The van der Waals surface area contributed by atoms with Crippen molar-refractivity contribution in [2.24, 2.45) is 0 Å². The second-order valence-electron chi connectivity index (χ2n) is 1.91. The first-order valence-corrected chi connectivity index (χ1v) is 2.51. The minimum Gasteiger partial charge on any atom is -0.219 e. The Labute approximate surface area is 47.5 Å². The summed E-state index contributed by atoms with van der Waals surface area (Å²) in [4.78, 5) is 15.4. The summed E-state index contributed by atoms with van der Waals surface area (Å²) >= 11 is 0. The van der Waals surface area contributed by atoms with E-state index in [2.05, 4.69) is 4.84 Å². The molecule has 0 aromatic rings. The van der Waals surface area contributed by atoms with Crippen LogP contribution in [0.3, 0.4) is 0 Å². The Bertz CT molecular complexity index is 151. The minimum absolute atomic E-state index is 0.0347. The lowest BCUT2D eigenvalue weighted by molar-refractivity contribution is -0.752. The molecule has 0 saturated heterocycles. The van der Waals surface area contributed by atoms with E-state index < -0.39 is 0 Å². The first-order valence-electron chi connectivity index (χ1n) is 2.51. The largest absolute Gasteiger partial charge is 0.284 e. The summed E-state index contributed by atoms with van der Waals surface area (Å²) in [5.74, 6) is 0. The molecule has 0 N–H and O–H groups in total. The zero-order valence-electron chi connectivity index (χ0n) is 4.92. The maximum absolute atomic E-state index is 10.3. The fourth-order valence-corrected chi connectivity index (χ4v) is 0.541. The Morgan fingerprint density at radius 3 is 2.62 bits per heavy atom. The summed E-state index contributed by atoms with van der Waals surface area (Å²) in [6.07, 6.45) is 1.40. The van der Waals surface area contributed by atoms with Gasteiger partial charge in [0.15, 0.2) is 6.10 Å². The maximum Gasteiger partial charge on any atom is 0.284 e. The molecule has 0 saturated carbocycles. The van der Waals surface area contributed by atoms with Gasteiger partial charge < -0.3 is 0 Å². The topological polar surface area (TPSA) is 29.3 Å². The van der Waals surface area contributed by atoms with Gasteiger partial charge in [0, 0.05) is 5.57 Å². The molecule has 0 fully saturated rings. The summed E-state index contributed by atoms with van der Waals surface area (Å²) in [5, 5.41) is 0. The predicted molar refractivity (Wildman–Crippen MR) is 27.9 cm³/mol. The fraction of sp³-hybridized carbons (Fsp3) is 0.600. The van der Waals surface area contributed by atoms with Gasteiger partial charge in [0.2, 0.25) is 0 Å². The molecule has 0 radical (unpaired) electrons. The summed E-state index contributed by atoms with van der Waals surface area (Å²) in [5.41, 5.74) is 0.972. The van der Waals surface area contributed by atoms with E-state index in [0.29, 0.717) is 4.92 Å². The molecule has 1 rings (SSSR count). The van der Waals surface area contributed by atoms with Crippen molar-refractivity contribution in [2.45, 2.75) is 20.0 Å². The highest BCUT2D eigenvalue weighted by atomic mass is 16.8. The van der Waals surface area contributed by atoms with Gasteiger partial charge in [-0.15, -0.1) is 0 Å². The molecule has 0 aromatic carbocycles. The van der Waals surface area contributed by atoms with Crippen LogP contribution in [0.1, 0.15) is 13.8 Å². The van der Waals surface area contributed by atoms with Crippen molar-refractivity contribution in [3.8, 4) is 0 Å². The molecule has 0 bridgehead atoms. The van der Waals surface area contributed by atoms with Gasteiger partial charge in [-0.1, -0.05) is 0 Å². The van der Waals surface area contributed by atoms with Crippen LogP contribution in [-0.4, -0.2) is 11.0 Å². The Balaban J connectivity index is 2.73. The van der Waals surface area contributed by atoms with Crippen LogP contribution in [0.2, 0.25) is 0 Å². The van der Waals surface area contributed by atoms with E-state index in [1.165, 1.54) is 6.20 Å². The summed E-state index contributed by atoms with van der Waals surface area (Å²) in [6.45, 7) is 3.70. The number of hydrogen-bond acceptors (Lipinski definition) is 2. The molecule has 1 aliphatic rings. The van der Waals surface area contributed by atoms with Crippen LogP contribution >= 0.6 is 0 Å². The molecule has 1 aliphatic heterocycles. The molecular weight excluding hydrogens is 106 g/mol. The summed E-state index contributed by atoms with van der Waals surface area (Å²) in [7, 11) is 0. The smallest absolute Gasteiger partial charge is 0.219 e. The van der Waals surface area contributed by atoms with Gasteiger partial charge in [0.25, 0.3) is 11.1 Å². The Morgan fingerprint density at radius 2 is 2.50 bits per heavy atom. The number of nitrogens with zero attached hydrogens (tertiary/aromatic N) is 1. The van der Waals surface area contributed by atoms with E-state index in [-0.39, 0.29) is 6.10 Å². The van der Waals surface area contributed by atoms with Crippen molar-refractivity contribution in [3.05, 3.63) is 16.7 Å². The Kier molecular flexibility index (Phi) is 1.04. The van der Waals surface area contributed by atoms with Crippen LogP contribution in [0.4, 0.5) is 0 Å². The monoisotopic (exact) mass is 114 g/mol. The van der Waals surface area contributed by atoms with Crippen LogP contribution in [0.5, 0.6) is 0 Å². The minimum atomic E-state index is -0.0347. The normalized spacial score (nSPS) is 27.5. The highest BCUT2D eigenvalue weighted by Gasteiger charge is 2.25. The standard InChI is InChI=1S/C5H8NO2/c1-4-3-6(7)8-5(4)2/h3,5H,1-2H3/q+1. The molecule has 0 aliphatic carbocycles. The van der Waals surface area contributed by atoms with Gasteiger partial charge in [-0.25, -0.2) is 4.84 Å². The van der Waals surface area contributed by atoms with Crippen molar-refractivity contribution in [3.63, 3.8) is 0 Å². The van der Waals surface area contributed by atoms with E-state index in [1.807, 2.05) is 13.8 Å². The van der Waals surface area contributed by atoms with Crippen LogP contribution in [0, 0.1) is 4.91 Å². The Hall–Kier alpha value is -0.860. The van der Waals surface area contributed by atoms with E-state index in [4.69, 9.17) is 0 Å². The third kappa shape index (κ3) is 0.710. The maximum atomic E-state index is 10.3. The van der Waals surface area contributed by atoms with Gasteiger partial charge in [0.1, 0.15) is 0 Å². The predicted octanol–water partition coefficient (Wildman–Crippen LogP) is 1.00. The van der Waals surface area contributed by atoms with E-state index in [9.17, 15) is 4.91 Å². The molecule has 3 heteroatoms. The van der Waals surface area contributed by atoms with E-state index in [0.717, 1.165) is 5.57 Å². The SMILES string of the molecule is CC1=C[N+](=O)OC1C. The summed E-state index contributed by atoms with van der Waals surface area (Å²) in [6, 6.07) is 0. The first kappa shape index (κ1) is 5.28. The molecule has 1 unspecified atom stereocenters. The van der Waals surface area contributed by atoms with Crippen LogP contribution in [0.25, 0.3) is 0 Å². The lowest BCUT2D eigenvalue weighted by Crippen LogP contribution is -2.04. The van der Waals surface area contributed by atoms with Gasteiger partial charge in [-0.05, 0) is 13.8 Å². The molecule has 0 amide bonds. The van der Waals surface area contributed by atoms with E-state index >= 15 is 0 Å². The number of rotatable bonds is 0. The van der Waals surface area contributed by atoms with Crippen molar-refractivity contribution >= 4 is 0 Å². The zero-order chi connectivity index (χ0) is 6.15. The molecule has 0 aromatic heterocycles. The van der Waals surface area contributed by atoms with Gasteiger partial charge in [-0.3, -0.25) is 0 Å². The average Bonchev–Trinajstić information content (AvgIpc) is 1.85. The lowest BCUT2D eigenvalue weighted by atomic mass is 10.2. The third-order valence-corrected chi connectivity index (χ3v) is 1.21. The van der Waals surface area contributed by atoms with Gasteiger partial charge in [-0.2, -0.15) is 0 Å². The quantitative estimate of drug-likeness (QED) is 0.470. The van der Waals surface area contributed by atoms with Crippen molar-refractivity contribution in [2.75, 3.05) is 0 Å². The molecule has 8 heavy (non-hydrogen) atoms. The summed E-state index contributed by atoms with van der Waals surface area (Å²) < 4.78 is 0. The number of hydrogen-bond donors (Lipinski definition) is 0. The molecule has 3 nitrogen and oxygen atoms in total. The molecule has 0 spiro atoms. The van der Waals surface area contributed by atoms with Gasteiger partial charge >= 0.3 is 0 Å². The first-order chi connectivity index (χ1) is 3.70. The third-order valence-electron chi connectivity index (χ3n) is 1.21. The lowest BCUT2D eigenvalue weighted by Gasteiger charge is -1.90. The fourth-order valence-electron chi connectivity index (χ4n) is 0.541.